The predicted molar refractivity (Wildman–Crippen MR) is 83.0 cm³/mol. The normalized spacial score (nSPS) is 22.1. The van der Waals surface area contributed by atoms with Crippen LogP contribution in [0.4, 0.5) is 0 Å². The molecule has 0 amide bonds. The molecule has 1 atom stereocenters. The first kappa shape index (κ1) is 14.1. The molecule has 0 aliphatic carbocycles. The van der Waals surface area contributed by atoms with Gasteiger partial charge in [-0.1, -0.05) is 13.8 Å². The summed E-state index contributed by atoms with van der Waals surface area (Å²) >= 11 is 1.94. The second kappa shape index (κ2) is 6.27. The summed E-state index contributed by atoms with van der Waals surface area (Å²) in [5.74, 6) is 3.02. The third-order valence-corrected chi connectivity index (χ3v) is 4.84. The molecule has 4 heteroatoms. The zero-order chi connectivity index (χ0) is 13.9. The summed E-state index contributed by atoms with van der Waals surface area (Å²) in [6, 6.07) is 5.30. The van der Waals surface area contributed by atoms with Crippen molar-refractivity contribution >= 4 is 11.8 Å². The summed E-state index contributed by atoms with van der Waals surface area (Å²) in [6.07, 6.45) is 3.40. The van der Waals surface area contributed by atoms with Gasteiger partial charge in [0.25, 0.3) is 0 Å². The van der Waals surface area contributed by atoms with Crippen molar-refractivity contribution in [1.29, 1.82) is 0 Å². The SMILES string of the molecule is CC(C)NC1CCCSc2cc3c(cc21)OCCCO3. The van der Waals surface area contributed by atoms with E-state index in [0.717, 1.165) is 31.1 Å². The molecule has 1 unspecified atom stereocenters. The molecular weight excluding hydrogens is 270 g/mol. The molecule has 3 rings (SSSR count). The Morgan fingerprint density at radius 2 is 1.90 bits per heavy atom. The molecule has 1 aromatic rings. The lowest BCUT2D eigenvalue weighted by Crippen LogP contribution is -2.28. The van der Waals surface area contributed by atoms with Crippen LogP contribution < -0.4 is 14.8 Å². The molecule has 20 heavy (non-hydrogen) atoms. The molecule has 1 aromatic carbocycles. The van der Waals surface area contributed by atoms with Gasteiger partial charge in [0.05, 0.1) is 13.2 Å². The summed E-state index contributed by atoms with van der Waals surface area (Å²) in [5.41, 5.74) is 1.38. The van der Waals surface area contributed by atoms with Crippen LogP contribution >= 0.6 is 11.8 Å². The molecule has 2 aliphatic rings. The molecule has 0 spiro atoms. The van der Waals surface area contributed by atoms with Gasteiger partial charge in [0.15, 0.2) is 11.5 Å². The fraction of sp³-hybridized carbons (Fsp3) is 0.625. The van der Waals surface area contributed by atoms with Crippen LogP contribution in [0.1, 0.15) is 44.7 Å². The molecule has 0 saturated carbocycles. The van der Waals surface area contributed by atoms with Crippen LogP contribution in [0.5, 0.6) is 11.5 Å². The van der Waals surface area contributed by atoms with Crippen molar-refractivity contribution < 1.29 is 9.47 Å². The standard InChI is InChI=1S/C16H23NO2S/c1-11(2)17-13-5-3-8-20-16-10-15-14(9-12(13)16)18-6-4-7-19-15/h9-11,13,17H,3-8H2,1-2H3. The van der Waals surface area contributed by atoms with Gasteiger partial charge in [0, 0.05) is 23.4 Å². The Balaban J connectivity index is 1.97. The molecule has 0 saturated heterocycles. The van der Waals surface area contributed by atoms with Gasteiger partial charge < -0.3 is 14.8 Å². The maximum atomic E-state index is 5.85. The summed E-state index contributed by atoms with van der Waals surface area (Å²) < 4.78 is 11.7. The fourth-order valence-corrected chi connectivity index (χ4v) is 3.89. The van der Waals surface area contributed by atoms with Crippen molar-refractivity contribution in [3.63, 3.8) is 0 Å². The lowest BCUT2D eigenvalue weighted by molar-refractivity contribution is 0.296. The highest BCUT2D eigenvalue weighted by molar-refractivity contribution is 7.99. The molecule has 110 valence electrons. The van der Waals surface area contributed by atoms with Crippen molar-refractivity contribution in [2.45, 2.75) is 50.1 Å². The van der Waals surface area contributed by atoms with Gasteiger partial charge in [-0.25, -0.2) is 0 Å². The Morgan fingerprint density at radius 1 is 1.15 bits per heavy atom. The van der Waals surface area contributed by atoms with E-state index in [1.54, 1.807) is 0 Å². The smallest absolute Gasteiger partial charge is 0.162 e. The lowest BCUT2D eigenvalue weighted by Gasteiger charge is -2.22. The molecule has 0 fully saturated rings. The van der Waals surface area contributed by atoms with E-state index in [4.69, 9.17) is 9.47 Å². The maximum Gasteiger partial charge on any atom is 0.162 e. The Bertz CT molecular complexity index is 476. The van der Waals surface area contributed by atoms with Crippen LogP contribution in [0, 0.1) is 0 Å². The number of benzene rings is 1. The zero-order valence-electron chi connectivity index (χ0n) is 12.3. The number of hydrogen-bond acceptors (Lipinski definition) is 4. The van der Waals surface area contributed by atoms with E-state index in [1.807, 2.05) is 11.8 Å². The van der Waals surface area contributed by atoms with Gasteiger partial charge in [0.1, 0.15) is 0 Å². The number of rotatable bonds is 2. The Morgan fingerprint density at radius 3 is 2.65 bits per heavy atom. The summed E-state index contributed by atoms with van der Waals surface area (Å²) in [4.78, 5) is 1.35. The van der Waals surface area contributed by atoms with Crippen LogP contribution in [0.25, 0.3) is 0 Å². The number of ether oxygens (including phenoxy) is 2. The van der Waals surface area contributed by atoms with E-state index in [0.29, 0.717) is 12.1 Å². The summed E-state index contributed by atoms with van der Waals surface area (Å²) in [7, 11) is 0. The van der Waals surface area contributed by atoms with Crippen LogP contribution in [0.3, 0.4) is 0 Å². The monoisotopic (exact) mass is 293 g/mol. The molecule has 2 aliphatic heterocycles. The third-order valence-electron chi connectivity index (χ3n) is 3.68. The van der Waals surface area contributed by atoms with E-state index in [-0.39, 0.29) is 0 Å². The molecular formula is C16H23NO2S. The Hall–Kier alpha value is -0.870. The minimum absolute atomic E-state index is 0.428. The van der Waals surface area contributed by atoms with E-state index in [2.05, 4.69) is 31.3 Å². The van der Waals surface area contributed by atoms with Crippen molar-refractivity contribution in [1.82, 2.24) is 5.32 Å². The minimum atomic E-state index is 0.428. The van der Waals surface area contributed by atoms with Crippen molar-refractivity contribution in [3.8, 4) is 11.5 Å². The van der Waals surface area contributed by atoms with Gasteiger partial charge in [-0.2, -0.15) is 0 Å². The maximum absolute atomic E-state index is 5.85. The largest absolute Gasteiger partial charge is 0.490 e. The topological polar surface area (TPSA) is 30.5 Å². The number of fused-ring (bicyclic) bond motifs is 2. The second-order valence-electron chi connectivity index (χ2n) is 5.75. The van der Waals surface area contributed by atoms with E-state index >= 15 is 0 Å². The third kappa shape index (κ3) is 3.07. The Kier molecular flexibility index (Phi) is 4.41. The fourth-order valence-electron chi connectivity index (χ4n) is 2.80. The molecule has 0 aromatic heterocycles. The first-order valence-electron chi connectivity index (χ1n) is 7.56. The summed E-state index contributed by atoms with van der Waals surface area (Å²) in [5, 5.41) is 3.69. The van der Waals surface area contributed by atoms with E-state index in [9.17, 15) is 0 Å². The van der Waals surface area contributed by atoms with Gasteiger partial charge in [-0.3, -0.25) is 0 Å². The number of nitrogens with one attached hydrogen (secondary N) is 1. The van der Waals surface area contributed by atoms with Gasteiger partial charge in [0.2, 0.25) is 0 Å². The van der Waals surface area contributed by atoms with Crippen molar-refractivity contribution in [3.05, 3.63) is 17.7 Å². The van der Waals surface area contributed by atoms with E-state index < -0.39 is 0 Å². The average molecular weight is 293 g/mol. The summed E-state index contributed by atoms with van der Waals surface area (Å²) in [6.45, 7) is 5.92. The highest BCUT2D eigenvalue weighted by atomic mass is 32.2. The van der Waals surface area contributed by atoms with Crippen LogP contribution in [-0.4, -0.2) is 25.0 Å². The van der Waals surface area contributed by atoms with Crippen molar-refractivity contribution in [2.24, 2.45) is 0 Å². The highest BCUT2D eigenvalue weighted by Crippen LogP contribution is 2.42. The minimum Gasteiger partial charge on any atom is -0.490 e. The first-order valence-corrected chi connectivity index (χ1v) is 8.55. The van der Waals surface area contributed by atoms with Crippen LogP contribution in [-0.2, 0) is 0 Å². The van der Waals surface area contributed by atoms with Gasteiger partial charge in [-0.05, 0) is 36.3 Å². The molecule has 0 bridgehead atoms. The number of hydrogen-bond donors (Lipinski definition) is 1. The highest BCUT2D eigenvalue weighted by Gasteiger charge is 2.23. The van der Waals surface area contributed by atoms with Crippen LogP contribution in [0.2, 0.25) is 0 Å². The van der Waals surface area contributed by atoms with E-state index in [1.165, 1.54) is 29.1 Å². The number of thioether (sulfide) groups is 1. The Labute approximate surface area is 125 Å². The average Bonchev–Trinajstić information content (AvgIpc) is 2.74. The van der Waals surface area contributed by atoms with Crippen LogP contribution in [0.15, 0.2) is 17.0 Å². The van der Waals surface area contributed by atoms with Crippen molar-refractivity contribution in [2.75, 3.05) is 19.0 Å². The lowest BCUT2D eigenvalue weighted by atomic mass is 10.0. The molecule has 2 heterocycles. The second-order valence-corrected chi connectivity index (χ2v) is 6.89. The predicted octanol–water partition coefficient (Wildman–Crippen LogP) is 3.77. The van der Waals surface area contributed by atoms with Gasteiger partial charge in [-0.15, -0.1) is 11.8 Å². The molecule has 1 N–H and O–H groups in total. The van der Waals surface area contributed by atoms with Gasteiger partial charge >= 0.3 is 0 Å². The quantitative estimate of drug-likeness (QED) is 0.899. The first-order chi connectivity index (χ1) is 9.74. The molecule has 3 nitrogen and oxygen atoms in total. The zero-order valence-corrected chi connectivity index (χ0v) is 13.1. The molecule has 0 radical (unpaired) electrons.